The Balaban J connectivity index is 1.37. The first-order chi connectivity index (χ1) is 15.1. The Hall–Kier alpha value is -2.14. The van der Waals surface area contributed by atoms with Gasteiger partial charge in [-0.25, -0.2) is 4.39 Å². The van der Waals surface area contributed by atoms with Crippen molar-refractivity contribution in [2.45, 2.75) is 36.3 Å². The van der Waals surface area contributed by atoms with Crippen molar-refractivity contribution in [2.75, 3.05) is 13.1 Å². The zero-order valence-corrected chi connectivity index (χ0v) is 18.9. The number of hydrogen-bond acceptors (Lipinski definition) is 3. The number of aryl methyl sites for hydroxylation is 1. The van der Waals surface area contributed by atoms with Crippen molar-refractivity contribution < 1.29 is 9.18 Å². The van der Waals surface area contributed by atoms with Crippen LogP contribution in [0.2, 0.25) is 5.02 Å². The normalized spacial score (nSPS) is 13.5. The van der Waals surface area contributed by atoms with E-state index in [1.807, 2.05) is 30.3 Å². The van der Waals surface area contributed by atoms with Crippen LogP contribution in [0.1, 0.15) is 39.0 Å². The molecule has 0 unspecified atom stereocenters. The minimum absolute atomic E-state index is 0.104. The minimum Gasteiger partial charge on any atom is -0.316 e. The van der Waals surface area contributed by atoms with Crippen LogP contribution in [0.5, 0.6) is 0 Å². The van der Waals surface area contributed by atoms with Gasteiger partial charge >= 0.3 is 0 Å². The topological polar surface area (TPSA) is 29.1 Å². The molecular weight excluding hydrogens is 429 g/mol. The van der Waals surface area contributed by atoms with E-state index in [0.29, 0.717) is 18.4 Å². The number of hydrogen-bond donors (Lipinski definition) is 1. The highest BCUT2D eigenvalue weighted by atomic mass is 35.5. The van der Waals surface area contributed by atoms with E-state index in [2.05, 4.69) is 11.4 Å². The number of Topliss-reactive ketones (excluding diaryl/α,β-unsaturated/α-hetero) is 1. The number of halogens is 2. The number of nitrogens with one attached hydrogen (secondary N) is 1. The second kappa shape index (κ2) is 10.4. The van der Waals surface area contributed by atoms with Crippen molar-refractivity contribution in [3.8, 4) is 0 Å². The van der Waals surface area contributed by atoms with Crippen LogP contribution in [0.3, 0.4) is 0 Å². The number of benzene rings is 3. The molecule has 0 saturated heterocycles. The first-order valence-electron chi connectivity index (χ1n) is 10.6. The van der Waals surface area contributed by atoms with Crippen LogP contribution in [0.15, 0.2) is 65.6 Å². The maximum Gasteiger partial charge on any atom is 0.163 e. The predicted octanol–water partition coefficient (Wildman–Crippen LogP) is 6.28. The lowest BCUT2D eigenvalue weighted by Crippen LogP contribution is -2.16. The van der Waals surface area contributed by atoms with Gasteiger partial charge in [0, 0.05) is 22.6 Å². The van der Waals surface area contributed by atoms with Gasteiger partial charge in [-0.2, -0.15) is 0 Å². The molecule has 3 aromatic carbocycles. The summed E-state index contributed by atoms with van der Waals surface area (Å²) in [4.78, 5) is 13.7. The Bertz CT molecular complexity index is 1050. The molecule has 31 heavy (non-hydrogen) atoms. The molecule has 0 atom stereocenters. The smallest absolute Gasteiger partial charge is 0.163 e. The van der Waals surface area contributed by atoms with Gasteiger partial charge in [-0.3, -0.25) is 4.79 Å². The van der Waals surface area contributed by atoms with E-state index in [1.54, 1.807) is 23.9 Å². The predicted molar refractivity (Wildman–Crippen MR) is 127 cm³/mol. The summed E-state index contributed by atoms with van der Waals surface area (Å²) in [5.41, 5.74) is 5.61. The average molecular weight is 454 g/mol. The number of carbonyl (C=O) groups is 1. The second-order valence-corrected chi connectivity index (χ2v) is 9.19. The van der Waals surface area contributed by atoms with Crippen molar-refractivity contribution in [3.05, 3.63) is 99.3 Å². The van der Waals surface area contributed by atoms with E-state index < -0.39 is 0 Å². The monoisotopic (exact) mass is 453 g/mol. The van der Waals surface area contributed by atoms with Gasteiger partial charge in [0.15, 0.2) is 5.78 Å². The van der Waals surface area contributed by atoms with E-state index in [9.17, 15) is 9.18 Å². The fourth-order valence-corrected chi connectivity index (χ4v) is 5.32. The summed E-state index contributed by atoms with van der Waals surface area (Å²) in [6, 6.07) is 18.3. The van der Waals surface area contributed by atoms with Crippen LogP contribution in [0.4, 0.5) is 4.39 Å². The fraction of sp³-hybridized carbons (Fsp3) is 0.269. The standard InChI is InChI=1S/C26H25ClFNOS/c27-24-11-8-20-13-15-29-16-14-23(20)26(24)31-17-19-1-6-21(7-2-19)25(30)12-5-18-3-9-22(28)10-4-18/h1-4,6-11,29H,5,12-17H2. The van der Waals surface area contributed by atoms with Gasteiger partial charge in [-0.1, -0.05) is 54.1 Å². The molecule has 0 radical (unpaired) electrons. The quantitative estimate of drug-likeness (QED) is 0.337. The molecule has 1 aliphatic heterocycles. The fourth-order valence-electron chi connectivity index (χ4n) is 3.86. The van der Waals surface area contributed by atoms with Crippen molar-refractivity contribution in [3.63, 3.8) is 0 Å². The molecule has 1 N–H and O–H groups in total. The Morgan fingerprint density at radius 3 is 2.42 bits per heavy atom. The van der Waals surface area contributed by atoms with E-state index in [4.69, 9.17) is 11.6 Å². The molecule has 0 aromatic heterocycles. The van der Waals surface area contributed by atoms with Crippen LogP contribution < -0.4 is 5.32 Å². The zero-order chi connectivity index (χ0) is 21.6. The summed E-state index contributed by atoms with van der Waals surface area (Å²) in [7, 11) is 0. The molecule has 0 aliphatic carbocycles. The number of carbonyl (C=O) groups excluding carboxylic acids is 1. The summed E-state index contributed by atoms with van der Waals surface area (Å²) in [6.07, 6.45) is 3.07. The number of thioether (sulfide) groups is 1. The summed E-state index contributed by atoms with van der Waals surface area (Å²) in [5, 5.41) is 4.27. The molecule has 0 amide bonds. The van der Waals surface area contributed by atoms with Gasteiger partial charge in [0.05, 0.1) is 5.02 Å². The minimum atomic E-state index is -0.256. The molecule has 0 spiro atoms. The van der Waals surface area contributed by atoms with E-state index in [1.165, 1.54) is 33.7 Å². The molecule has 1 aliphatic rings. The van der Waals surface area contributed by atoms with Crippen molar-refractivity contribution in [1.82, 2.24) is 5.32 Å². The third kappa shape index (κ3) is 5.76. The molecule has 160 valence electrons. The highest BCUT2D eigenvalue weighted by Crippen LogP contribution is 2.36. The third-order valence-corrected chi connectivity index (χ3v) is 7.31. The first kappa shape index (κ1) is 22.1. The Morgan fingerprint density at radius 1 is 0.935 bits per heavy atom. The van der Waals surface area contributed by atoms with E-state index >= 15 is 0 Å². The summed E-state index contributed by atoms with van der Waals surface area (Å²) < 4.78 is 13.0. The van der Waals surface area contributed by atoms with Crippen molar-refractivity contribution in [1.29, 1.82) is 0 Å². The molecule has 4 rings (SSSR count). The largest absolute Gasteiger partial charge is 0.316 e. The highest BCUT2D eigenvalue weighted by Gasteiger charge is 2.15. The number of rotatable bonds is 7. The van der Waals surface area contributed by atoms with E-state index in [-0.39, 0.29) is 11.6 Å². The maximum atomic E-state index is 13.0. The van der Waals surface area contributed by atoms with Gasteiger partial charge in [0.1, 0.15) is 5.82 Å². The molecule has 1 heterocycles. The third-order valence-electron chi connectivity index (χ3n) is 5.65. The van der Waals surface area contributed by atoms with E-state index in [0.717, 1.165) is 42.3 Å². The van der Waals surface area contributed by atoms with Crippen LogP contribution in [0, 0.1) is 5.82 Å². The molecule has 0 saturated carbocycles. The lowest BCUT2D eigenvalue weighted by atomic mass is 10.0. The van der Waals surface area contributed by atoms with Gasteiger partial charge in [-0.15, -0.1) is 11.8 Å². The zero-order valence-electron chi connectivity index (χ0n) is 17.3. The average Bonchev–Trinajstić information content (AvgIpc) is 3.04. The van der Waals surface area contributed by atoms with Crippen molar-refractivity contribution in [2.24, 2.45) is 0 Å². The van der Waals surface area contributed by atoms with Gasteiger partial charge in [0.2, 0.25) is 0 Å². The molecular formula is C26H25ClFNOS. The van der Waals surface area contributed by atoms with Crippen LogP contribution in [-0.4, -0.2) is 18.9 Å². The molecule has 3 aromatic rings. The SMILES string of the molecule is O=C(CCc1ccc(F)cc1)c1ccc(CSc2c(Cl)ccc3c2CCNCC3)cc1. The summed E-state index contributed by atoms with van der Waals surface area (Å²) >= 11 is 8.31. The van der Waals surface area contributed by atoms with Crippen LogP contribution in [-0.2, 0) is 25.0 Å². The first-order valence-corrected chi connectivity index (χ1v) is 12.0. The Labute approximate surface area is 192 Å². The highest BCUT2D eigenvalue weighted by molar-refractivity contribution is 7.98. The Morgan fingerprint density at radius 2 is 1.65 bits per heavy atom. The summed E-state index contributed by atoms with van der Waals surface area (Å²) in [6.45, 7) is 1.99. The summed E-state index contributed by atoms with van der Waals surface area (Å²) in [5.74, 6) is 0.661. The van der Waals surface area contributed by atoms with Gasteiger partial charge in [0.25, 0.3) is 0 Å². The number of ketones is 1. The molecule has 5 heteroatoms. The maximum absolute atomic E-state index is 13.0. The lowest BCUT2D eigenvalue weighted by Gasteiger charge is -2.14. The lowest BCUT2D eigenvalue weighted by molar-refractivity contribution is 0.0983. The van der Waals surface area contributed by atoms with Crippen molar-refractivity contribution >= 4 is 29.1 Å². The molecule has 2 nitrogen and oxygen atoms in total. The Kier molecular flexibility index (Phi) is 7.44. The molecule has 0 bridgehead atoms. The molecule has 0 fully saturated rings. The second-order valence-electron chi connectivity index (χ2n) is 7.80. The van der Waals surface area contributed by atoms with Gasteiger partial charge in [-0.05, 0) is 72.8 Å². The van der Waals surface area contributed by atoms with Crippen LogP contribution in [0.25, 0.3) is 0 Å². The van der Waals surface area contributed by atoms with Crippen LogP contribution >= 0.6 is 23.4 Å². The van der Waals surface area contributed by atoms with Gasteiger partial charge < -0.3 is 5.32 Å². The number of fused-ring (bicyclic) bond motifs is 1.